The van der Waals surface area contributed by atoms with Crippen LogP contribution in [0.4, 0.5) is 0 Å². The number of amides is 1. The molecule has 246 valence electrons. The van der Waals surface area contributed by atoms with Gasteiger partial charge in [0.2, 0.25) is 5.91 Å². The van der Waals surface area contributed by atoms with Gasteiger partial charge in [0.1, 0.15) is 24.4 Å². The Morgan fingerprint density at radius 3 is 1.66 bits per heavy atom. The third-order valence-corrected chi connectivity index (χ3v) is 8.55. The van der Waals surface area contributed by atoms with Gasteiger partial charge in [0.15, 0.2) is 6.29 Å². The molecular weight excluding hydrogens is 592 g/mol. The summed E-state index contributed by atoms with van der Waals surface area (Å²) in [5.41, 5.74) is 4.10. The maximum Gasteiger partial charge on any atom is 0.237 e. The molecule has 2 N–H and O–H groups in total. The Bertz CT molecular complexity index is 1470. The lowest BCUT2D eigenvalue weighted by Gasteiger charge is -2.46. The van der Waals surface area contributed by atoms with Crippen molar-refractivity contribution in [3.63, 3.8) is 0 Å². The number of ether oxygens (including phenoxy) is 5. The summed E-state index contributed by atoms with van der Waals surface area (Å²) in [6, 6.07) is 39.1. The summed E-state index contributed by atoms with van der Waals surface area (Å²) >= 11 is 0. The Hall–Kier alpha value is -3.89. The summed E-state index contributed by atoms with van der Waals surface area (Å²) in [6.45, 7) is 2.45. The largest absolute Gasteiger partial charge is 0.374 e. The van der Waals surface area contributed by atoms with Crippen LogP contribution in [0.25, 0.3) is 0 Å². The quantitative estimate of drug-likeness (QED) is 0.177. The highest BCUT2D eigenvalue weighted by atomic mass is 16.7. The number of benzene rings is 4. The predicted molar refractivity (Wildman–Crippen MR) is 179 cm³/mol. The molecular formula is C39H44N2O6. The van der Waals surface area contributed by atoms with E-state index < -0.39 is 30.6 Å². The van der Waals surface area contributed by atoms with Crippen molar-refractivity contribution < 1.29 is 28.5 Å². The van der Waals surface area contributed by atoms with Gasteiger partial charge in [0, 0.05) is 0 Å². The zero-order valence-corrected chi connectivity index (χ0v) is 26.6. The molecule has 0 radical (unpaired) electrons. The van der Waals surface area contributed by atoms with E-state index in [1.54, 1.807) is 0 Å². The van der Waals surface area contributed by atoms with Crippen molar-refractivity contribution in [3.8, 4) is 0 Å². The second-order valence-corrected chi connectivity index (χ2v) is 12.0. The fourth-order valence-corrected chi connectivity index (χ4v) is 6.06. The molecule has 0 aliphatic carbocycles. The minimum Gasteiger partial charge on any atom is -0.374 e. The Morgan fingerprint density at radius 2 is 1.15 bits per heavy atom. The highest BCUT2D eigenvalue weighted by Crippen LogP contribution is 2.30. The standard InChI is InChI=1S/C39H44N2O6/c42-38(33-22-13-23-40-33)41-35-37(45-26-31-18-9-3-10-19-31)36(44-25-30-16-7-2-8-17-30)34(28-43-24-29-14-5-1-6-15-29)47-39(35)46-27-32-20-11-4-12-21-32/h1-12,14-21,33-37,39-40H,13,22-28H2,(H,41,42)/t33-,34+,35+,36+,37+,39-/m0/s1. The first-order chi connectivity index (χ1) is 23.2. The molecule has 47 heavy (non-hydrogen) atoms. The van der Waals surface area contributed by atoms with Crippen molar-refractivity contribution >= 4 is 5.91 Å². The first-order valence-corrected chi connectivity index (χ1v) is 16.5. The lowest BCUT2D eigenvalue weighted by atomic mass is 9.95. The smallest absolute Gasteiger partial charge is 0.237 e. The second kappa shape index (κ2) is 17.3. The van der Waals surface area contributed by atoms with Crippen LogP contribution in [0.3, 0.4) is 0 Å². The summed E-state index contributed by atoms with van der Waals surface area (Å²) in [5, 5.41) is 6.58. The Labute approximate surface area is 277 Å². The third-order valence-electron chi connectivity index (χ3n) is 8.55. The van der Waals surface area contributed by atoms with Gasteiger partial charge >= 0.3 is 0 Å². The van der Waals surface area contributed by atoms with Gasteiger partial charge in [-0.25, -0.2) is 0 Å². The van der Waals surface area contributed by atoms with Crippen molar-refractivity contribution in [3.05, 3.63) is 144 Å². The maximum atomic E-state index is 13.6. The average molecular weight is 637 g/mol. The Morgan fingerprint density at radius 1 is 0.660 bits per heavy atom. The lowest BCUT2D eigenvalue weighted by molar-refractivity contribution is -0.293. The minimum absolute atomic E-state index is 0.0988. The molecule has 0 bridgehead atoms. The van der Waals surface area contributed by atoms with Crippen molar-refractivity contribution in [2.24, 2.45) is 0 Å². The van der Waals surface area contributed by atoms with Gasteiger partial charge in [-0.2, -0.15) is 0 Å². The van der Waals surface area contributed by atoms with Crippen LogP contribution < -0.4 is 10.6 Å². The van der Waals surface area contributed by atoms with E-state index in [-0.39, 0.29) is 18.6 Å². The topological polar surface area (TPSA) is 87.3 Å². The van der Waals surface area contributed by atoms with Crippen molar-refractivity contribution in [2.75, 3.05) is 13.2 Å². The van der Waals surface area contributed by atoms with Gasteiger partial charge in [0.05, 0.1) is 39.1 Å². The first kappa shape index (κ1) is 33.0. The van der Waals surface area contributed by atoms with E-state index in [1.807, 2.05) is 121 Å². The molecule has 0 saturated carbocycles. The highest BCUT2D eigenvalue weighted by Gasteiger charge is 2.49. The van der Waals surface area contributed by atoms with Crippen LogP contribution in [-0.4, -0.2) is 55.7 Å². The summed E-state index contributed by atoms with van der Waals surface area (Å²) < 4.78 is 32.9. The average Bonchev–Trinajstić information content (AvgIpc) is 3.68. The van der Waals surface area contributed by atoms with Gasteiger partial charge in [-0.15, -0.1) is 0 Å². The fraction of sp³-hybridized carbons (Fsp3) is 0.359. The number of carbonyl (C=O) groups is 1. The number of nitrogens with one attached hydrogen (secondary N) is 2. The monoisotopic (exact) mass is 636 g/mol. The molecule has 4 aromatic carbocycles. The second-order valence-electron chi connectivity index (χ2n) is 12.0. The van der Waals surface area contributed by atoms with E-state index in [1.165, 1.54) is 0 Å². The Kier molecular flexibility index (Phi) is 12.2. The molecule has 6 atom stereocenters. The van der Waals surface area contributed by atoms with Gasteiger partial charge in [-0.1, -0.05) is 121 Å². The number of carbonyl (C=O) groups excluding carboxylic acids is 1. The van der Waals surface area contributed by atoms with E-state index in [0.717, 1.165) is 41.6 Å². The highest BCUT2D eigenvalue weighted by molar-refractivity contribution is 5.82. The third kappa shape index (κ3) is 9.58. The molecule has 2 aliphatic heterocycles. The van der Waals surface area contributed by atoms with E-state index in [9.17, 15) is 4.79 Å². The van der Waals surface area contributed by atoms with Crippen molar-refractivity contribution in [1.82, 2.24) is 10.6 Å². The molecule has 2 heterocycles. The zero-order valence-electron chi connectivity index (χ0n) is 26.6. The molecule has 1 amide bonds. The van der Waals surface area contributed by atoms with Crippen LogP contribution in [0.2, 0.25) is 0 Å². The Balaban J connectivity index is 1.30. The first-order valence-electron chi connectivity index (χ1n) is 16.5. The lowest BCUT2D eigenvalue weighted by Crippen LogP contribution is -2.67. The van der Waals surface area contributed by atoms with Crippen LogP contribution in [0.5, 0.6) is 0 Å². The van der Waals surface area contributed by atoms with Crippen LogP contribution in [0.1, 0.15) is 35.1 Å². The van der Waals surface area contributed by atoms with E-state index >= 15 is 0 Å². The fourth-order valence-electron chi connectivity index (χ4n) is 6.06. The minimum atomic E-state index is -0.816. The number of hydrogen-bond acceptors (Lipinski definition) is 7. The van der Waals surface area contributed by atoms with Crippen molar-refractivity contribution in [2.45, 2.75) is 76.0 Å². The van der Waals surface area contributed by atoms with Gasteiger partial charge in [-0.3, -0.25) is 4.79 Å². The van der Waals surface area contributed by atoms with Crippen molar-refractivity contribution in [1.29, 1.82) is 0 Å². The number of rotatable bonds is 15. The summed E-state index contributed by atoms with van der Waals surface area (Å²) in [4.78, 5) is 13.6. The van der Waals surface area contributed by atoms with Crippen LogP contribution in [0, 0.1) is 0 Å². The molecule has 0 unspecified atom stereocenters. The van der Waals surface area contributed by atoms with E-state index in [0.29, 0.717) is 26.4 Å². The summed E-state index contributed by atoms with van der Waals surface area (Å²) in [7, 11) is 0. The molecule has 4 aromatic rings. The van der Waals surface area contributed by atoms with Gasteiger partial charge in [-0.05, 0) is 41.6 Å². The van der Waals surface area contributed by atoms with Crippen LogP contribution >= 0.6 is 0 Å². The summed E-state index contributed by atoms with van der Waals surface area (Å²) in [6.07, 6.45) is -0.818. The molecule has 8 heteroatoms. The summed E-state index contributed by atoms with van der Waals surface area (Å²) in [5.74, 6) is -0.0988. The van der Waals surface area contributed by atoms with Crippen LogP contribution in [0.15, 0.2) is 121 Å². The molecule has 0 aromatic heterocycles. The normalized spacial score (nSPS) is 24.2. The van der Waals surface area contributed by atoms with E-state index in [2.05, 4.69) is 10.6 Å². The molecule has 2 saturated heterocycles. The van der Waals surface area contributed by atoms with Crippen LogP contribution in [-0.2, 0) is 54.9 Å². The predicted octanol–water partition coefficient (Wildman–Crippen LogP) is 5.55. The number of hydrogen-bond donors (Lipinski definition) is 2. The molecule has 0 spiro atoms. The molecule has 6 rings (SSSR count). The molecule has 2 fully saturated rings. The molecule has 2 aliphatic rings. The van der Waals surface area contributed by atoms with E-state index in [4.69, 9.17) is 23.7 Å². The molecule has 8 nitrogen and oxygen atoms in total. The van der Waals surface area contributed by atoms with Gasteiger partial charge < -0.3 is 34.3 Å². The maximum absolute atomic E-state index is 13.6. The SMILES string of the molecule is O=C(N[C@H]1[C@@H](OCc2ccccc2)O[C@H](COCc2ccccc2)[C@@H](OCc2ccccc2)[C@@H]1OCc1ccccc1)[C@@H]1CCCN1. The zero-order chi connectivity index (χ0) is 32.1. The van der Waals surface area contributed by atoms with Gasteiger partial charge in [0.25, 0.3) is 0 Å².